The number of rotatable bonds is 5. The summed E-state index contributed by atoms with van der Waals surface area (Å²) in [5, 5.41) is 9.42. The monoisotopic (exact) mass is 425 g/mol. The van der Waals surface area contributed by atoms with Gasteiger partial charge in [0.1, 0.15) is 5.78 Å². The topological polar surface area (TPSA) is 92.9 Å². The standard InChI is InChI=1S/C16H17BrClN5O2/c1-9(24)13(21-22-19)6-10-12(18)7-14-11(16(10)17)8-20-23(14)15-4-2-3-5-25-15/h7-8,13,15H,2-6H2,1H3. The fourth-order valence-electron chi connectivity index (χ4n) is 3.01. The molecule has 0 bridgehead atoms. The first-order valence-corrected chi connectivity index (χ1v) is 9.20. The summed E-state index contributed by atoms with van der Waals surface area (Å²) in [4.78, 5) is 14.4. The molecule has 1 saturated heterocycles. The van der Waals surface area contributed by atoms with Crippen molar-refractivity contribution in [2.24, 2.45) is 5.11 Å². The van der Waals surface area contributed by atoms with E-state index in [0.29, 0.717) is 5.02 Å². The van der Waals surface area contributed by atoms with Gasteiger partial charge in [0.25, 0.3) is 0 Å². The van der Waals surface area contributed by atoms with Gasteiger partial charge in [-0.1, -0.05) is 16.7 Å². The normalized spacial score (nSPS) is 18.8. The fourth-order valence-corrected chi connectivity index (χ4v) is 4.08. The molecule has 1 fully saturated rings. The van der Waals surface area contributed by atoms with Gasteiger partial charge < -0.3 is 4.74 Å². The van der Waals surface area contributed by atoms with E-state index in [0.717, 1.165) is 46.8 Å². The zero-order chi connectivity index (χ0) is 18.0. The van der Waals surface area contributed by atoms with Crippen molar-refractivity contribution in [1.82, 2.24) is 9.78 Å². The van der Waals surface area contributed by atoms with Gasteiger partial charge in [0.2, 0.25) is 0 Å². The van der Waals surface area contributed by atoms with Gasteiger partial charge >= 0.3 is 0 Å². The van der Waals surface area contributed by atoms with Crippen molar-refractivity contribution in [3.8, 4) is 0 Å². The number of ketones is 1. The van der Waals surface area contributed by atoms with Gasteiger partial charge in [0.05, 0.1) is 17.8 Å². The molecule has 2 atom stereocenters. The lowest BCUT2D eigenvalue weighted by Gasteiger charge is -2.23. The van der Waals surface area contributed by atoms with E-state index in [1.165, 1.54) is 6.92 Å². The molecule has 3 rings (SSSR count). The van der Waals surface area contributed by atoms with Crippen molar-refractivity contribution in [3.63, 3.8) is 0 Å². The molecule has 0 saturated carbocycles. The number of benzene rings is 1. The van der Waals surface area contributed by atoms with Gasteiger partial charge in [0.15, 0.2) is 6.23 Å². The Kier molecular flexibility index (Phi) is 5.64. The van der Waals surface area contributed by atoms with E-state index >= 15 is 0 Å². The maximum Gasteiger partial charge on any atom is 0.150 e. The number of hydrogen-bond donors (Lipinski definition) is 0. The molecule has 2 aromatic rings. The van der Waals surface area contributed by atoms with Crippen LogP contribution in [0.15, 0.2) is 21.9 Å². The van der Waals surface area contributed by atoms with Gasteiger partial charge in [-0.05, 0) is 65.7 Å². The highest BCUT2D eigenvalue weighted by molar-refractivity contribution is 9.10. The third kappa shape index (κ3) is 3.67. The summed E-state index contributed by atoms with van der Waals surface area (Å²) in [7, 11) is 0. The van der Waals surface area contributed by atoms with E-state index in [1.807, 2.05) is 10.7 Å². The molecule has 0 amide bonds. The average Bonchev–Trinajstić information content (AvgIpc) is 3.02. The van der Waals surface area contributed by atoms with Gasteiger partial charge in [-0.25, -0.2) is 4.68 Å². The first-order chi connectivity index (χ1) is 12.0. The molecule has 2 heterocycles. The molecule has 25 heavy (non-hydrogen) atoms. The van der Waals surface area contributed by atoms with E-state index in [1.54, 1.807) is 6.20 Å². The van der Waals surface area contributed by atoms with Gasteiger partial charge in [-0.3, -0.25) is 4.79 Å². The Hall–Kier alpha value is -1.60. The molecule has 1 aliphatic heterocycles. The Labute approximate surface area is 158 Å². The summed E-state index contributed by atoms with van der Waals surface area (Å²) in [6.07, 6.45) is 4.99. The number of halogens is 2. The van der Waals surface area contributed by atoms with Crippen molar-refractivity contribution in [1.29, 1.82) is 0 Å². The van der Waals surface area contributed by atoms with Crippen LogP contribution in [0.4, 0.5) is 0 Å². The van der Waals surface area contributed by atoms with Crippen molar-refractivity contribution >= 4 is 44.2 Å². The maximum absolute atomic E-state index is 11.7. The lowest BCUT2D eigenvalue weighted by Crippen LogP contribution is -2.19. The fraction of sp³-hybridized carbons (Fsp3) is 0.500. The minimum atomic E-state index is -0.784. The number of ether oxygens (including phenoxy) is 1. The van der Waals surface area contributed by atoms with Crippen LogP contribution in [0.3, 0.4) is 0 Å². The lowest BCUT2D eigenvalue weighted by molar-refractivity contribution is -0.118. The highest BCUT2D eigenvalue weighted by atomic mass is 79.9. The molecule has 0 N–H and O–H groups in total. The van der Waals surface area contributed by atoms with Crippen LogP contribution in [0, 0.1) is 0 Å². The Balaban J connectivity index is 2.02. The SMILES string of the molecule is CC(=O)C(Cc1c(Cl)cc2c(cnn2C2CCCCO2)c1Br)N=[N+]=[N-]. The molecule has 0 radical (unpaired) electrons. The summed E-state index contributed by atoms with van der Waals surface area (Å²) in [6.45, 7) is 2.13. The summed E-state index contributed by atoms with van der Waals surface area (Å²) in [5.74, 6) is -0.202. The number of Topliss-reactive ketones (excluding diaryl/α,β-unsaturated/α-hetero) is 1. The predicted octanol–water partition coefficient (Wildman–Crippen LogP) is 4.96. The Morgan fingerprint density at radius 1 is 1.64 bits per heavy atom. The second kappa shape index (κ2) is 7.74. The number of fused-ring (bicyclic) bond motifs is 1. The second-order valence-electron chi connectivity index (χ2n) is 6.03. The van der Waals surface area contributed by atoms with E-state index in [-0.39, 0.29) is 18.4 Å². The van der Waals surface area contributed by atoms with Crippen LogP contribution in [0.25, 0.3) is 21.3 Å². The summed E-state index contributed by atoms with van der Waals surface area (Å²) >= 11 is 10.0. The molecule has 7 nitrogen and oxygen atoms in total. The van der Waals surface area contributed by atoms with Crippen molar-refractivity contribution in [3.05, 3.63) is 37.8 Å². The van der Waals surface area contributed by atoms with Gasteiger partial charge in [-0.15, -0.1) is 0 Å². The number of nitrogens with zero attached hydrogens (tertiary/aromatic N) is 5. The zero-order valence-corrected chi connectivity index (χ0v) is 16.0. The second-order valence-corrected chi connectivity index (χ2v) is 7.23. The lowest BCUT2D eigenvalue weighted by atomic mass is 10.0. The molecule has 0 aliphatic carbocycles. The van der Waals surface area contributed by atoms with Crippen LogP contribution in [0.5, 0.6) is 0 Å². The predicted molar refractivity (Wildman–Crippen MR) is 98.6 cm³/mol. The minimum absolute atomic E-state index is 0.0896. The van der Waals surface area contributed by atoms with Crippen LogP contribution in [0.1, 0.15) is 38.0 Å². The summed E-state index contributed by atoms with van der Waals surface area (Å²) in [6, 6.07) is 1.04. The Morgan fingerprint density at radius 3 is 3.08 bits per heavy atom. The minimum Gasteiger partial charge on any atom is -0.356 e. The Bertz CT molecular complexity index is 854. The molecule has 9 heteroatoms. The summed E-state index contributed by atoms with van der Waals surface area (Å²) in [5.41, 5.74) is 10.3. The van der Waals surface area contributed by atoms with E-state index in [2.05, 4.69) is 31.1 Å². The highest BCUT2D eigenvalue weighted by Crippen LogP contribution is 2.36. The van der Waals surface area contributed by atoms with Crippen molar-refractivity contribution < 1.29 is 9.53 Å². The van der Waals surface area contributed by atoms with Crippen molar-refractivity contribution in [2.75, 3.05) is 6.61 Å². The first kappa shape index (κ1) is 18.2. The average molecular weight is 427 g/mol. The van der Waals surface area contributed by atoms with Gasteiger partial charge in [0, 0.05) is 26.4 Å². The highest BCUT2D eigenvalue weighted by Gasteiger charge is 2.23. The first-order valence-electron chi connectivity index (χ1n) is 8.03. The quantitative estimate of drug-likeness (QED) is 0.384. The van der Waals surface area contributed by atoms with Crippen LogP contribution in [-0.2, 0) is 16.0 Å². The zero-order valence-electron chi connectivity index (χ0n) is 13.7. The van der Waals surface area contributed by atoms with Gasteiger partial charge in [-0.2, -0.15) is 5.10 Å². The number of carbonyl (C=O) groups is 1. The van der Waals surface area contributed by atoms with E-state index in [9.17, 15) is 4.79 Å². The molecule has 132 valence electrons. The molecular weight excluding hydrogens is 410 g/mol. The van der Waals surface area contributed by atoms with Crippen molar-refractivity contribution in [2.45, 2.75) is 44.9 Å². The maximum atomic E-state index is 11.7. The largest absolute Gasteiger partial charge is 0.356 e. The van der Waals surface area contributed by atoms with Crippen LogP contribution < -0.4 is 0 Å². The van der Waals surface area contributed by atoms with Crippen LogP contribution >= 0.6 is 27.5 Å². The third-order valence-electron chi connectivity index (χ3n) is 4.37. The number of carbonyl (C=O) groups excluding carboxylic acids is 1. The molecule has 0 spiro atoms. The van der Waals surface area contributed by atoms with E-state index < -0.39 is 6.04 Å². The molecule has 1 aromatic heterocycles. The van der Waals surface area contributed by atoms with E-state index in [4.69, 9.17) is 21.9 Å². The number of hydrogen-bond acceptors (Lipinski definition) is 4. The Morgan fingerprint density at radius 2 is 2.44 bits per heavy atom. The molecule has 2 unspecified atom stereocenters. The summed E-state index contributed by atoms with van der Waals surface area (Å²) < 4.78 is 8.42. The molecular formula is C16H17BrClN5O2. The molecule has 1 aromatic carbocycles. The third-order valence-corrected chi connectivity index (χ3v) is 5.62. The number of azide groups is 1. The smallest absolute Gasteiger partial charge is 0.150 e. The molecule has 1 aliphatic rings. The van der Waals surface area contributed by atoms with Crippen LogP contribution in [0.2, 0.25) is 5.02 Å². The van der Waals surface area contributed by atoms with Crippen LogP contribution in [-0.4, -0.2) is 28.2 Å². The number of aromatic nitrogens is 2.